The smallest absolute Gasteiger partial charge is 0.262 e. The third-order valence-corrected chi connectivity index (χ3v) is 5.15. The van der Waals surface area contributed by atoms with E-state index in [0.29, 0.717) is 37.2 Å². The number of benzene rings is 2. The third-order valence-electron chi connectivity index (χ3n) is 5.15. The molecule has 0 bridgehead atoms. The van der Waals surface area contributed by atoms with E-state index in [1.54, 1.807) is 29.2 Å². The fraction of sp³-hybridized carbons (Fsp3) is 0.286. The van der Waals surface area contributed by atoms with E-state index in [0.717, 1.165) is 0 Å². The Hall–Kier alpha value is -3.40. The molecule has 1 fully saturated rings. The van der Waals surface area contributed by atoms with Crippen LogP contribution < -0.4 is 20.3 Å². The highest BCUT2D eigenvalue weighted by atomic mass is 19.2. The summed E-state index contributed by atoms with van der Waals surface area (Å²) in [4.78, 5) is 23.4. The van der Waals surface area contributed by atoms with E-state index in [9.17, 15) is 18.0 Å². The van der Waals surface area contributed by atoms with Gasteiger partial charge in [-0.3, -0.25) is 4.79 Å². The molecule has 2 N–H and O–H groups in total. The van der Waals surface area contributed by atoms with Gasteiger partial charge in [-0.15, -0.1) is 0 Å². The number of hydrogen-bond acceptors (Lipinski definition) is 6. The van der Waals surface area contributed by atoms with Crippen LogP contribution in [0.5, 0.6) is 5.88 Å². The summed E-state index contributed by atoms with van der Waals surface area (Å²) in [5.74, 6) is -5.59. The number of rotatable bonds is 4. The fourth-order valence-corrected chi connectivity index (χ4v) is 3.63. The second-order valence-electron chi connectivity index (χ2n) is 7.05. The second kappa shape index (κ2) is 8.38. The van der Waals surface area contributed by atoms with E-state index in [1.807, 2.05) is 0 Å². The first-order chi connectivity index (χ1) is 14.9. The van der Waals surface area contributed by atoms with Crippen LogP contribution in [-0.4, -0.2) is 49.2 Å². The maximum Gasteiger partial charge on any atom is 0.262 e. The van der Waals surface area contributed by atoms with Crippen molar-refractivity contribution in [2.45, 2.75) is 6.92 Å². The minimum atomic E-state index is -1.70. The Kier molecular flexibility index (Phi) is 5.64. The van der Waals surface area contributed by atoms with E-state index in [1.165, 1.54) is 14.0 Å². The summed E-state index contributed by atoms with van der Waals surface area (Å²) in [6.45, 7) is 3.26. The average Bonchev–Trinajstić information content (AvgIpc) is 2.79. The van der Waals surface area contributed by atoms with Crippen molar-refractivity contribution >= 4 is 28.4 Å². The highest BCUT2D eigenvalue weighted by molar-refractivity contribution is 6.09. The van der Waals surface area contributed by atoms with Crippen LogP contribution in [0.2, 0.25) is 0 Å². The quantitative estimate of drug-likeness (QED) is 0.619. The maximum atomic E-state index is 14.9. The number of piperazine rings is 1. The first-order valence-electron chi connectivity index (χ1n) is 9.67. The number of aromatic nitrogens is 2. The molecule has 0 aliphatic carbocycles. The number of nitrogens with zero attached hydrogens (tertiary/aromatic N) is 3. The summed E-state index contributed by atoms with van der Waals surface area (Å²) in [5.41, 5.74) is 0.303. The van der Waals surface area contributed by atoms with Gasteiger partial charge in [0.2, 0.25) is 0 Å². The van der Waals surface area contributed by atoms with Crippen LogP contribution in [0.25, 0.3) is 11.0 Å². The third kappa shape index (κ3) is 3.74. The summed E-state index contributed by atoms with van der Waals surface area (Å²) < 4.78 is 48.6. The fourth-order valence-electron chi connectivity index (χ4n) is 3.63. The van der Waals surface area contributed by atoms with Gasteiger partial charge in [0.15, 0.2) is 23.3 Å². The molecule has 0 atom stereocenters. The monoisotopic (exact) mass is 431 g/mol. The summed E-state index contributed by atoms with van der Waals surface area (Å²) >= 11 is 0. The molecule has 0 unspecified atom stereocenters. The first kappa shape index (κ1) is 20.9. The number of nitrogens with one attached hydrogen (secondary N) is 2. The lowest BCUT2D eigenvalue weighted by molar-refractivity contribution is 0.102. The molecular weight excluding hydrogens is 411 g/mol. The summed E-state index contributed by atoms with van der Waals surface area (Å²) in [5, 5.41) is 5.58. The molecular formula is C21H20F3N5O2. The second-order valence-corrected chi connectivity index (χ2v) is 7.05. The van der Waals surface area contributed by atoms with Crippen LogP contribution >= 0.6 is 0 Å². The number of halogens is 3. The van der Waals surface area contributed by atoms with Crippen molar-refractivity contribution < 1.29 is 22.7 Å². The molecule has 0 spiro atoms. The standard InChI is InChI=1S/C21H20F3N5O2/c1-11-15(22)17(24)16(23)14(18(11)29-9-7-25-8-10-29)20(30)28-19-21(31-2)27-13-6-4-3-5-12(13)26-19/h3-6,25H,7-10H2,1-2H3,(H,26,28,30). The van der Waals surface area contributed by atoms with Crippen LogP contribution in [0.1, 0.15) is 15.9 Å². The Morgan fingerprint density at radius 1 is 1.06 bits per heavy atom. The molecule has 7 nitrogen and oxygen atoms in total. The Bertz CT molecular complexity index is 1170. The molecule has 1 saturated heterocycles. The molecule has 1 aliphatic rings. The van der Waals surface area contributed by atoms with Gasteiger partial charge in [-0.2, -0.15) is 0 Å². The molecule has 1 amide bonds. The summed E-state index contributed by atoms with van der Waals surface area (Å²) in [7, 11) is 1.35. The van der Waals surface area contributed by atoms with Crippen molar-refractivity contribution in [2.75, 3.05) is 43.5 Å². The van der Waals surface area contributed by atoms with Crippen LogP contribution in [-0.2, 0) is 0 Å². The number of anilines is 2. The Labute approximate surface area is 176 Å². The zero-order valence-corrected chi connectivity index (χ0v) is 16.9. The lowest BCUT2D eigenvalue weighted by Crippen LogP contribution is -2.45. The number of ether oxygens (including phenoxy) is 1. The predicted octanol–water partition coefficient (Wildman–Crippen LogP) is 3.03. The molecule has 31 heavy (non-hydrogen) atoms. The van der Waals surface area contributed by atoms with Crippen LogP contribution in [0.4, 0.5) is 24.7 Å². The average molecular weight is 431 g/mol. The molecule has 10 heteroatoms. The van der Waals surface area contributed by atoms with E-state index >= 15 is 0 Å². The maximum absolute atomic E-state index is 14.9. The van der Waals surface area contributed by atoms with Crippen molar-refractivity contribution in [2.24, 2.45) is 0 Å². The number of carbonyl (C=O) groups is 1. The van der Waals surface area contributed by atoms with Crippen LogP contribution in [0.3, 0.4) is 0 Å². The van der Waals surface area contributed by atoms with Crippen LogP contribution in [0, 0.1) is 24.4 Å². The van der Waals surface area contributed by atoms with E-state index in [-0.39, 0.29) is 22.9 Å². The van der Waals surface area contributed by atoms with E-state index < -0.39 is 28.9 Å². The highest BCUT2D eigenvalue weighted by Crippen LogP contribution is 2.34. The van der Waals surface area contributed by atoms with Gasteiger partial charge in [0.25, 0.3) is 11.8 Å². The van der Waals surface area contributed by atoms with Gasteiger partial charge in [-0.05, 0) is 19.1 Å². The van der Waals surface area contributed by atoms with Crippen molar-refractivity contribution in [3.63, 3.8) is 0 Å². The number of carbonyl (C=O) groups excluding carboxylic acids is 1. The number of hydrogen-bond donors (Lipinski definition) is 2. The topological polar surface area (TPSA) is 79.4 Å². The first-order valence-corrected chi connectivity index (χ1v) is 9.67. The zero-order valence-electron chi connectivity index (χ0n) is 16.9. The van der Waals surface area contributed by atoms with Gasteiger partial charge in [0.05, 0.1) is 23.8 Å². The van der Waals surface area contributed by atoms with Crippen molar-refractivity contribution in [3.8, 4) is 5.88 Å². The summed E-state index contributed by atoms with van der Waals surface area (Å²) in [6.07, 6.45) is 0. The predicted molar refractivity (Wildman–Crippen MR) is 110 cm³/mol. The zero-order chi connectivity index (χ0) is 22.1. The van der Waals surface area contributed by atoms with Crippen molar-refractivity contribution in [1.29, 1.82) is 0 Å². The van der Waals surface area contributed by atoms with E-state index in [4.69, 9.17) is 4.74 Å². The van der Waals surface area contributed by atoms with Gasteiger partial charge in [-0.25, -0.2) is 23.1 Å². The van der Waals surface area contributed by atoms with Crippen molar-refractivity contribution in [3.05, 3.63) is 52.8 Å². The Morgan fingerprint density at radius 3 is 2.35 bits per heavy atom. The SMILES string of the molecule is COc1nc2ccccc2nc1NC(=O)c1c(F)c(F)c(F)c(C)c1N1CCNCC1. The number of methoxy groups -OCH3 is 1. The normalized spacial score (nSPS) is 14.0. The van der Waals surface area contributed by atoms with Gasteiger partial charge in [0, 0.05) is 31.7 Å². The summed E-state index contributed by atoms with van der Waals surface area (Å²) in [6, 6.07) is 6.92. The lowest BCUT2D eigenvalue weighted by atomic mass is 10.0. The van der Waals surface area contributed by atoms with Crippen LogP contribution in [0.15, 0.2) is 24.3 Å². The number of amides is 1. The molecule has 2 heterocycles. The molecule has 162 valence electrons. The minimum Gasteiger partial charge on any atom is -0.478 e. The molecule has 1 aliphatic heterocycles. The molecule has 4 rings (SSSR count). The van der Waals surface area contributed by atoms with Gasteiger partial charge in [-0.1, -0.05) is 12.1 Å². The lowest BCUT2D eigenvalue weighted by Gasteiger charge is -2.32. The molecule has 1 aromatic heterocycles. The molecule has 2 aromatic carbocycles. The largest absolute Gasteiger partial charge is 0.478 e. The molecule has 0 saturated carbocycles. The number of fused-ring (bicyclic) bond motifs is 1. The van der Waals surface area contributed by atoms with Gasteiger partial charge >= 0.3 is 0 Å². The Balaban J connectivity index is 1.81. The highest BCUT2D eigenvalue weighted by Gasteiger charge is 2.31. The van der Waals surface area contributed by atoms with Gasteiger partial charge < -0.3 is 20.3 Å². The van der Waals surface area contributed by atoms with Crippen molar-refractivity contribution in [1.82, 2.24) is 15.3 Å². The minimum absolute atomic E-state index is 0.00971. The molecule has 3 aromatic rings. The Morgan fingerprint density at radius 2 is 1.71 bits per heavy atom. The molecule has 0 radical (unpaired) electrons. The van der Waals surface area contributed by atoms with E-state index in [2.05, 4.69) is 20.6 Å². The number of para-hydroxylation sites is 2. The van der Waals surface area contributed by atoms with Gasteiger partial charge in [0.1, 0.15) is 5.56 Å².